The van der Waals surface area contributed by atoms with Gasteiger partial charge in [-0.15, -0.1) is 18.2 Å². The Balaban J connectivity index is 2.72. The molecule has 0 aromatic rings. The summed E-state index contributed by atoms with van der Waals surface area (Å²) in [5.74, 6) is 3.25. The van der Waals surface area contributed by atoms with Gasteiger partial charge in [-0.1, -0.05) is 17.5 Å². The van der Waals surface area contributed by atoms with E-state index < -0.39 is 0 Å². The molecule has 0 spiro atoms. The number of terminal acetylenes is 1. The number of thioether (sulfide) groups is 1. The van der Waals surface area contributed by atoms with Gasteiger partial charge in [-0.05, 0) is 13.0 Å². The van der Waals surface area contributed by atoms with Crippen LogP contribution in [0.4, 0.5) is 0 Å². The van der Waals surface area contributed by atoms with Crippen LogP contribution in [0.3, 0.4) is 0 Å². The number of hydrogen-bond acceptors (Lipinski definition) is 2. The van der Waals surface area contributed by atoms with Crippen molar-refractivity contribution in [3.05, 3.63) is 22.9 Å². The molecule has 62 valence electrons. The van der Waals surface area contributed by atoms with E-state index in [0.717, 1.165) is 16.5 Å². The van der Waals surface area contributed by atoms with Gasteiger partial charge in [-0.25, -0.2) is 0 Å². The van der Waals surface area contributed by atoms with Gasteiger partial charge in [0.1, 0.15) is 0 Å². The minimum Gasteiger partial charge on any atom is -0.250 e. The van der Waals surface area contributed by atoms with Crippen LogP contribution in [-0.2, 0) is 0 Å². The first-order valence-corrected chi connectivity index (χ1v) is 4.79. The molecule has 0 N–H and O–H groups in total. The molecule has 3 heteroatoms. The van der Waals surface area contributed by atoms with Gasteiger partial charge in [0.25, 0.3) is 0 Å². The number of nitrogens with zero attached hydrogens (tertiary/aromatic N) is 1. The molecule has 0 bridgehead atoms. The minimum atomic E-state index is 0.562. The second-order valence-electron chi connectivity index (χ2n) is 2.25. The largest absolute Gasteiger partial charge is 0.250 e. The Morgan fingerprint density at radius 3 is 3.08 bits per heavy atom. The minimum absolute atomic E-state index is 0.562. The summed E-state index contributed by atoms with van der Waals surface area (Å²) in [5.41, 5.74) is 0.981. The highest BCUT2D eigenvalue weighted by molar-refractivity contribution is 8.14. The predicted octanol–water partition coefficient (Wildman–Crippen LogP) is 2.79. The Hall–Kier alpha value is -0.650. The molecule has 0 unspecified atom stereocenters. The number of allylic oxidation sites excluding steroid dienone is 3. The summed E-state index contributed by atoms with van der Waals surface area (Å²) in [4.78, 5) is 4.26. The standard InChI is InChI=1S/C9H8ClNS/c1-3-4-8(10)5-9-6-12-7(2)11-9/h1,4-5H,6H2,2H3/b8-4+,9-5+. The van der Waals surface area contributed by atoms with Gasteiger partial charge in [0, 0.05) is 11.8 Å². The van der Waals surface area contributed by atoms with Crippen molar-refractivity contribution in [1.29, 1.82) is 0 Å². The van der Waals surface area contributed by atoms with Crippen molar-refractivity contribution >= 4 is 28.4 Å². The van der Waals surface area contributed by atoms with Crippen LogP contribution in [-0.4, -0.2) is 10.8 Å². The molecule has 0 radical (unpaired) electrons. The highest BCUT2D eigenvalue weighted by Crippen LogP contribution is 2.22. The van der Waals surface area contributed by atoms with Crippen molar-refractivity contribution in [3.63, 3.8) is 0 Å². The number of rotatable bonds is 1. The molecule has 12 heavy (non-hydrogen) atoms. The summed E-state index contributed by atoms with van der Waals surface area (Å²) < 4.78 is 0. The first-order chi connectivity index (χ1) is 5.72. The SMILES string of the molecule is C#C/C=C(Cl)\C=C1/CSC(C)=N1. The first kappa shape index (κ1) is 9.44. The zero-order valence-electron chi connectivity index (χ0n) is 6.67. The Bertz CT molecular complexity index is 307. The van der Waals surface area contributed by atoms with E-state index in [0.29, 0.717) is 5.03 Å². The molecule has 1 aliphatic heterocycles. The van der Waals surface area contributed by atoms with E-state index in [1.807, 2.05) is 6.92 Å². The van der Waals surface area contributed by atoms with Gasteiger partial charge in [0.15, 0.2) is 0 Å². The van der Waals surface area contributed by atoms with Crippen molar-refractivity contribution < 1.29 is 0 Å². The summed E-state index contributed by atoms with van der Waals surface area (Å²) in [7, 11) is 0. The quantitative estimate of drug-likeness (QED) is 0.589. The fourth-order valence-corrected chi connectivity index (χ4v) is 1.67. The first-order valence-electron chi connectivity index (χ1n) is 3.43. The molecular weight excluding hydrogens is 190 g/mol. The summed E-state index contributed by atoms with van der Waals surface area (Å²) in [6.45, 7) is 1.98. The van der Waals surface area contributed by atoms with Gasteiger partial charge in [0.05, 0.1) is 15.8 Å². The zero-order valence-corrected chi connectivity index (χ0v) is 8.25. The molecule has 0 aromatic carbocycles. The fourth-order valence-electron chi connectivity index (χ4n) is 0.800. The maximum absolute atomic E-state index is 5.77. The maximum atomic E-state index is 5.77. The van der Waals surface area contributed by atoms with Crippen LogP contribution in [0, 0.1) is 12.3 Å². The second-order valence-corrected chi connectivity index (χ2v) is 3.86. The van der Waals surface area contributed by atoms with Gasteiger partial charge >= 0.3 is 0 Å². The van der Waals surface area contributed by atoms with Crippen molar-refractivity contribution in [2.45, 2.75) is 6.92 Å². The van der Waals surface area contributed by atoms with Crippen LogP contribution in [0.2, 0.25) is 0 Å². The summed E-state index contributed by atoms with van der Waals surface area (Å²) in [5, 5.41) is 1.64. The zero-order chi connectivity index (χ0) is 8.97. The molecule has 1 nitrogen and oxygen atoms in total. The average molecular weight is 198 g/mol. The van der Waals surface area contributed by atoms with Crippen LogP contribution in [0.5, 0.6) is 0 Å². The van der Waals surface area contributed by atoms with E-state index in [-0.39, 0.29) is 0 Å². The average Bonchev–Trinajstić information content (AvgIpc) is 2.36. The lowest BCUT2D eigenvalue weighted by molar-refractivity contribution is 1.34. The smallest absolute Gasteiger partial charge is 0.0707 e. The van der Waals surface area contributed by atoms with E-state index in [4.69, 9.17) is 18.0 Å². The van der Waals surface area contributed by atoms with Crippen molar-refractivity contribution in [2.75, 3.05) is 5.75 Å². The Labute approximate surface area is 81.6 Å². The van der Waals surface area contributed by atoms with Gasteiger partial charge < -0.3 is 0 Å². The molecule has 0 saturated heterocycles. The highest BCUT2D eigenvalue weighted by Gasteiger charge is 2.06. The van der Waals surface area contributed by atoms with Gasteiger partial charge in [-0.3, -0.25) is 4.99 Å². The van der Waals surface area contributed by atoms with Crippen molar-refractivity contribution in [2.24, 2.45) is 4.99 Å². The lowest BCUT2D eigenvalue weighted by atomic mass is 10.4. The van der Waals surface area contributed by atoms with Crippen LogP contribution in [0.25, 0.3) is 0 Å². The monoisotopic (exact) mass is 197 g/mol. The van der Waals surface area contributed by atoms with E-state index in [1.165, 1.54) is 6.08 Å². The van der Waals surface area contributed by atoms with Crippen LogP contribution < -0.4 is 0 Å². The number of hydrogen-bond donors (Lipinski definition) is 0. The molecule has 0 aliphatic carbocycles. The summed E-state index contributed by atoms with van der Waals surface area (Å²) in [6, 6.07) is 0. The third kappa shape index (κ3) is 2.77. The summed E-state index contributed by atoms with van der Waals surface area (Å²) in [6.07, 6.45) is 8.36. The van der Waals surface area contributed by atoms with Crippen molar-refractivity contribution in [3.8, 4) is 12.3 Å². The summed E-state index contributed by atoms with van der Waals surface area (Å²) >= 11 is 7.48. The van der Waals surface area contributed by atoms with Crippen molar-refractivity contribution in [1.82, 2.24) is 0 Å². The van der Waals surface area contributed by atoms with Crippen LogP contribution >= 0.6 is 23.4 Å². The predicted molar refractivity (Wildman–Crippen MR) is 56.4 cm³/mol. The van der Waals surface area contributed by atoms with E-state index in [2.05, 4.69) is 10.9 Å². The molecular formula is C9H8ClNS. The molecule has 1 heterocycles. The highest BCUT2D eigenvalue weighted by atomic mass is 35.5. The normalized spacial score (nSPS) is 20.9. The number of halogens is 1. The molecule has 0 aromatic heterocycles. The molecule has 0 amide bonds. The van der Waals surface area contributed by atoms with Crippen LogP contribution in [0.1, 0.15) is 6.92 Å². The molecule has 0 fully saturated rings. The third-order valence-electron chi connectivity index (χ3n) is 1.26. The second kappa shape index (κ2) is 4.39. The fraction of sp³-hybridized carbons (Fsp3) is 0.222. The van der Waals surface area contributed by atoms with E-state index in [1.54, 1.807) is 17.8 Å². The van der Waals surface area contributed by atoms with Gasteiger partial charge in [0.2, 0.25) is 0 Å². The molecule has 1 rings (SSSR count). The van der Waals surface area contributed by atoms with E-state index >= 15 is 0 Å². The topological polar surface area (TPSA) is 12.4 Å². The van der Waals surface area contributed by atoms with Crippen LogP contribution in [0.15, 0.2) is 27.9 Å². The van der Waals surface area contributed by atoms with E-state index in [9.17, 15) is 0 Å². The lowest BCUT2D eigenvalue weighted by Crippen LogP contribution is -1.75. The van der Waals surface area contributed by atoms with Gasteiger partial charge in [-0.2, -0.15) is 0 Å². The Morgan fingerprint density at radius 1 is 1.83 bits per heavy atom. The maximum Gasteiger partial charge on any atom is 0.0707 e. The number of aliphatic imine (C=N–C) groups is 1. The Kier molecular flexibility index (Phi) is 3.46. The third-order valence-corrected chi connectivity index (χ3v) is 2.42. The molecule has 0 atom stereocenters. The molecule has 0 saturated carbocycles. The lowest BCUT2D eigenvalue weighted by Gasteiger charge is -1.88. The Morgan fingerprint density at radius 2 is 2.58 bits per heavy atom. The molecule has 1 aliphatic rings.